The van der Waals surface area contributed by atoms with Crippen molar-refractivity contribution in [2.24, 2.45) is 0 Å². The molecule has 1 heterocycles. The lowest BCUT2D eigenvalue weighted by molar-refractivity contribution is -0.113. The molecule has 5 heteroatoms. The minimum Gasteiger partial charge on any atom is -0.301 e. The molecule has 23 heavy (non-hydrogen) atoms. The van der Waals surface area contributed by atoms with Gasteiger partial charge in [0.25, 0.3) is 0 Å². The fourth-order valence-corrected chi connectivity index (χ4v) is 3.59. The van der Waals surface area contributed by atoms with Crippen molar-refractivity contribution in [2.45, 2.75) is 5.75 Å². The molecule has 1 aromatic heterocycles. The van der Waals surface area contributed by atoms with E-state index < -0.39 is 0 Å². The molecule has 0 saturated carbocycles. The van der Waals surface area contributed by atoms with E-state index in [2.05, 4.69) is 22.4 Å². The Morgan fingerprint density at radius 2 is 1.74 bits per heavy atom. The lowest BCUT2D eigenvalue weighted by Gasteiger charge is -2.02. The van der Waals surface area contributed by atoms with E-state index in [1.54, 1.807) is 11.8 Å². The summed E-state index contributed by atoms with van der Waals surface area (Å²) < 4.78 is 0. The Labute approximate surface area is 143 Å². The first kappa shape index (κ1) is 15.8. The maximum atomic E-state index is 12.0. The van der Waals surface area contributed by atoms with Crippen LogP contribution in [0.15, 0.2) is 66.0 Å². The predicted octanol–water partition coefficient (Wildman–Crippen LogP) is 4.68. The largest absolute Gasteiger partial charge is 0.301 e. The second-order valence-electron chi connectivity index (χ2n) is 4.93. The SMILES string of the molecule is O=C(CSCc1ccccc1)Nc1nc(-c2ccccc2)cs1. The van der Waals surface area contributed by atoms with Gasteiger partial charge >= 0.3 is 0 Å². The van der Waals surface area contributed by atoms with E-state index in [0.29, 0.717) is 10.9 Å². The summed E-state index contributed by atoms with van der Waals surface area (Å²) in [7, 11) is 0. The van der Waals surface area contributed by atoms with E-state index in [0.717, 1.165) is 17.0 Å². The molecule has 0 unspecified atom stereocenters. The van der Waals surface area contributed by atoms with Gasteiger partial charge in [0, 0.05) is 16.7 Å². The van der Waals surface area contributed by atoms with Crippen molar-refractivity contribution in [1.29, 1.82) is 0 Å². The van der Waals surface area contributed by atoms with E-state index in [-0.39, 0.29) is 5.91 Å². The average Bonchev–Trinajstić information content (AvgIpc) is 3.05. The standard InChI is InChI=1S/C18H16N2OS2/c21-17(13-22-11-14-7-3-1-4-8-14)20-18-19-16(12-23-18)15-9-5-2-6-10-15/h1-10,12H,11,13H2,(H,19,20,21). The molecule has 0 bridgehead atoms. The molecule has 0 aliphatic heterocycles. The topological polar surface area (TPSA) is 42.0 Å². The van der Waals surface area contributed by atoms with Gasteiger partial charge in [-0.05, 0) is 5.56 Å². The van der Waals surface area contributed by atoms with Gasteiger partial charge < -0.3 is 5.32 Å². The Hall–Kier alpha value is -2.11. The molecule has 1 N–H and O–H groups in total. The highest BCUT2D eigenvalue weighted by molar-refractivity contribution is 7.99. The minimum absolute atomic E-state index is 0.0140. The molecule has 0 atom stereocenters. The molecule has 0 radical (unpaired) electrons. The van der Waals surface area contributed by atoms with Gasteiger partial charge in [-0.3, -0.25) is 4.79 Å². The number of hydrogen-bond donors (Lipinski definition) is 1. The van der Waals surface area contributed by atoms with Crippen LogP contribution in [0.25, 0.3) is 11.3 Å². The highest BCUT2D eigenvalue weighted by Crippen LogP contribution is 2.24. The van der Waals surface area contributed by atoms with E-state index >= 15 is 0 Å². The first-order chi connectivity index (χ1) is 11.3. The molecule has 3 aromatic rings. The third-order valence-electron chi connectivity index (χ3n) is 3.16. The molecule has 2 aromatic carbocycles. The van der Waals surface area contributed by atoms with Gasteiger partial charge in [-0.25, -0.2) is 4.98 Å². The van der Waals surface area contributed by atoms with Gasteiger partial charge in [-0.15, -0.1) is 23.1 Å². The number of amides is 1. The van der Waals surface area contributed by atoms with Crippen LogP contribution in [0.5, 0.6) is 0 Å². The Bertz CT molecular complexity index is 757. The van der Waals surface area contributed by atoms with Crippen LogP contribution in [0.3, 0.4) is 0 Å². The summed E-state index contributed by atoms with van der Waals surface area (Å²) >= 11 is 3.05. The van der Waals surface area contributed by atoms with Crippen molar-refractivity contribution in [1.82, 2.24) is 4.98 Å². The predicted molar refractivity (Wildman–Crippen MR) is 98.8 cm³/mol. The highest BCUT2D eigenvalue weighted by Gasteiger charge is 2.08. The van der Waals surface area contributed by atoms with Crippen LogP contribution in [0.1, 0.15) is 5.56 Å². The molecular weight excluding hydrogens is 324 g/mol. The molecule has 3 rings (SSSR count). The van der Waals surface area contributed by atoms with Gasteiger partial charge in [0.05, 0.1) is 11.4 Å². The van der Waals surface area contributed by atoms with Crippen LogP contribution in [0, 0.1) is 0 Å². The number of thiazole rings is 1. The zero-order valence-electron chi connectivity index (χ0n) is 12.4. The zero-order valence-corrected chi connectivity index (χ0v) is 14.1. The summed E-state index contributed by atoms with van der Waals surface area (Å²) in [6, 6.07) is 20.1. The van der Waals surface area contributed by atoms with E-state index in [1.807, 2.05) is 53.9 Å². The van der Waals surface area contributed by atoms with Crippen LogP contribution >= 0.6 is 23.1 Å². The fourth-order valence-electron chi connectivity index (χ4n) is 2.06. The molecule has 0 spiro atoms. The number of rotatable bonds is 6. The van der Waals surface area contributed by atoms with Crippen molar-refractivity contribution in [3.8, 4) is 11.3 Å². The van der Waals surface area contributed by atoms with Gasteiger partial charge in [0.2, 0.25) is 5.91 Å². The molecule has 116 valence electrons. The van der Waals surface area contributed by atoms with Crippen LogP contribution < -0.4 is 5.32 Å². The molecule has 1 amide bonds. The third kappa shape index (κ3) is 4.68. The van der Waals surface area contributed by atoms with Crippen molar-refractivity contribution in [3.05, 3.63) is 71.6 Å². The number of hydrogen-bond acceptors (Lipinski definition) is 4. The lowest BCUT2D eigenvalue weighted by Crippen LogP contribution is -2.13. The summed E-state index contributed by atoms with van der Waals surface area (Å²) in [6.45, 7) is 0. The first-order valence-corrected chi connectivity index (χ1v) is 9.27. The van der Waals surface area contributed by atoms with E-state index in [1.165, 1.54) is 16.9 Å². The summed E-state index contributed by atoms with van der Waals surface area (Å²) in [5, 5.41) is 5.47. The van der Waals surface area contributed by atoms with E-state index in [4.69, 9.17) is 0 Å². The van der Waals surface area contributed by atoms with Crippen LogP contribution in [-0.2, 0) is 10.5 Å². The van der Waals surface area contributed by atoms with Gasteiger partial charge in [0.15, 0.2) is 5.13 Å². The Kier molecular flexibility index (Phi) is 5.45. The van der Waals surface area contributed by atoms with Crippen LogP contribution in [0.2, 0.25) is 0 Å². The maximum Gasteiger partial charge on any atom is 0.236 e. The molecule has 0 aliphatic rings. The minimum atomic E-state index is -0.0140. The number of nitrogens with one attached hydrogen (secondary N) is 1. The lowest BCUT2D eigenvalue weighted by atomic mass is 10.2. The molecule has 0 aliphatic carbocycles. The second kappa shape index (κ2) is 7.94. The van der Waals surface area contributed by atoms with Crippen LogP contribution in [0.4, 0.5) is 5.13 Å². The number of benzene rings is 2. The summed E-state index contributed by atoms with van der Waals surface area (Å²) in [6.07, 6.45) is 0. The molecule has 3 nitrogen and oxygen atoms in total. The smallest absolute Gasteiger partial charge is 0.236 e. The third-order valence-corrected chi connectivity index (χ3v) is 4.93. The van der Waals surface area contributed by atoms with Gasteiger partial charge in [0.1, 0.15) is 0 Å². The van der Waals surface area contributed by atoms with Crippen molar-refractivity contribution in [2.75, 3.05) is 11.1 Å². The van der Waals surface area contributed by atoms with Crippen molar-refractivity contribution < 1.29 is 4.79 Å². The highest BCUT2D eigenvalue weighted by atomic mass is 32.2. The Morgan fingerprint density at radius 3 is 2.48 bits per heavy atom. The second-order valence-corrected chi connectivity index (χ2v) is 6.77. The molecular formula is C18H16N2OS2. The van der Waals surface area contributed by atoms with Crippen LogP contribution in [-0.4, -0.2) is 16.6 Å². The van der Waals surface area contributed by atoms with E-state index in [9.17, 15) is 4.79 Å². The number of carbonyl (C=O) groups excluding carboxylic acids is 1. The Balaban J connectivity index is 1.49. The molecule has 0 fully saturated rings. The Morgan fingerprint density at radius 1 is 1.04 bits per heavy atom. The summed E-state index contributed by atoms with van der Waals surface area (Å²) in [5.41, 5.74) is 3.18. The molecule has 0 saturated heterocycles. The number of nitrogens with zero attached hydrogens (tertiary/aromatic N) is 1. The number of aromatic nitrogens is 1. The average molecular weight is 340 g/mol. The number of carbonyl (C=O) groups is 1. The van der Waals surface area contributed by atoms with Gasteiger partial charge in [-0.2, -0.15) is 0 Å². The normalized spacial score (nSPS) is 10.4. The fraction of sp³-hybridized carbons (Fsp3) is 0.111. The van der Waals surface area contributed by atoms with Crippen molar-refractivity contribution >= 4 is 34.1 Å². The zero-order chi connectivity index (χ0) is 15.9. The maximum absolute atomic E-state index is 12.0. The monoisotopic (exact) mass is 340 g/mol. The first-order valence-electron chi connectivity index (χ1n) is 7.24. The summed E-state index contributed by atoms with van der Waals surface area (Å²) in [5.74, 6) is 1.25. The number of anilines is 1. The number of thioether (sulfide) groups is 1. The quantitative estimate of drug-likeness (QED) is 0.708. The van der Waals surface area contributed by atoms with Crippen molar-refractivity contribution in [3.63, 3.8) is 0 Å². The summed E-state index contributed by atoms with van der Waals surface area (Å²) in [4.78, 5) is 16.4. The van der Waals surface area contributed by atoms with Gasteiger partial charge in [-0.1, -0.05) is 60.7 Å².